The van der Waals surface area contributed by atoms with Crippen molar-refractivity contribution in [2.45, 2.75) is 12.0 Å². The molecule has 0 saturated carbocycles. The van der Waals surface area contributed by atoms with E-state index in [4.69, 9.17) is 0 Å². The maximum atomic E-state index is 12.2. The Morgan fingerprint density at radius 2 is 2.00 bits per heavy atom. The third kappa shape index (κ3) is 1.59. The molecule has 0 radical (unpaired) electrons. The van der Waals surface area contributed by atoms with Crippen molar-refractivity contribution in [1.82, 2.24) is 0 Å². The summed E-state index contributed by atoms with van der Waals surface area (Å²) in [6.45, 7) is 7.62. The molecule has 1 unspecified atom stereocenters. The number of carbonyl (C=O) groups excluding carboxylic acids is 1. The van der Waals surface area contributed by atoms with Crippen LogP contribution in [0.1, 0.15) is 12.0 Å². The first-order valence-corrected chi connectivity index (χ1v) is 5.51. The van der Waals surface area contributed by atoms with Gasteiger partial charge in [0.1, 0.15) is 0 Å². The third-order valence-electron chi connectivity index (χ3n) is 2.99. The van der Waals surface area contributed by atoms with Crippen LogP contribution in [0.5, 0.6) is 0 Å². The molecule has 0 spiro atoms. The zero-order chi connectivity index (χ0) is 12.5. The van der Waals surface area contributed by atoms with Gasteiger partial charge in [0.15, 0.2) is 5.60 Å². The summed E-state index contributed by atoms with van der Waals surface area (Å²) in [5.41, 5.74) is -0.0741. The van der Waals surface area contributed by atoms with Crippen molar-refractivity contribution < 1.29 is 9.90 Å². The van der Waals surface area contributed by atoms with Crippen molar-refractivity contribution in [2.24, 2.45) is 0 Å². The molecule has 1 aromatic rings. The summed E-state index contributed by atoms with van der Waals surface area (Å²) in [6.07, 6.45) is 3.43. The largest absolute Gasteiger partial charge is 0.375 e. The molecular weight excluding hydrogens is 214 g/mol. The van der Waals surface area contributed by atoms with Crippen LogP contribution in [-0.2, 0) is 10.4 Å². The molecule has 2 rings (SSSR count). The highest BCUT2D eigenvalue weighted by Gasteiger charge is 2.48. The minimum atomic E-state index is -1.47. The van der Waals surface area contributed by atoms with Crippen LogP contribution in [0, 0.1) is 0 Å². The normalized spacial score (nSPS) is 22.4. The van der Waals surface area contributed by atoms with Gasteiger partial charge in [-0.1, -0.05) is 30.4 Å². The minimum Gasteiger partial charge on any atom is -0.375 e. The van der Waals surface area contributed by atoms with Crippen LogP contribution in [-0.4, -0.2) is 17.6 Å². The molecule has 88 valence electrons. The number of para-hydroxylation sites is 1. The number of benzene rings is 1. The van der Waals surface area contributed by atoms with Crippen molar-refractivity contribution in [3.63, 3.8) is 0 Å². The van der Waals surface area contributed by atoms with Crippen LogP contribution in [0.3, 0.4) is 0 Å². The Morgan fingerprint density at radius 3 is 2.65 bits per heavy atom. The van der Waals surface area contributed by atoms with Crippen LogP contribution in [0.4, 0.5) is 5.69 Å². The van der Waals surface area contributed by atoms with Gasteiger partial charge in [-0.25, -0.2) is 0 Å². The Labute approximate surface area is 101 Å². The molecule has 0 aliphatic carbocycles. The van der Waals surface area contributed by atoms with Crippen LogP contribution in [0.15, 0.2) is 49.6 Å². The lowest BCUT2D eigenvalue weighted by Crippen LogP contribution is -2.40. The van der Waals surface area contributed by atoms with Gasteiger partial charge in [-0.3, -0.25) is 4.79 Å². The van der Waals surface area contributed by atoms with Crippen molar-refractivity contribution in [2.75, 3.05) is 11.4 Å². The molecule has 0 aromatic heterocycles. The van der Waals surface area contributed by atoms with Gasteiger partial charge in [0, 0.05) is 18.5 Å². The number of amides is 1. The number of hydrogen-bond acceptors (Lipinski definition) is 2. The summed E-state index contributed by atoms with van der Waals surface area (Å²) in [7, 11) is 0. The maximum absolute atomic E-state index is 12.2. The van der Waals surface area contributed by atoms with Gasteiger partial charge in [0.25, 0.3) is 5.91 Å². The zero-order valence-corrected chi connectivity index (χ0v) is 9.60. The first-order chi connectivity index (χ1) is 8.15. The van der Waals surface area contributed by atoms with E-state index >= 15 is 0 Å². The highest BCUT2D eigenvalue weighted by atomic mass is 16.3. The second kappa shape index (κ2) is 4.18. The average molecular weight is 229 g/mol. The summed E-state index contributed by atoms with van der Waals surface area (Å²) >= 11 is 0. The van der Waals surface area contributed by atoms with Crippen molar-refractivity contribution >= 4 is 11.6 Å². The standard InChI is InChI=1S/C14H15NO2/c1-3-9-14(17)11-7-5-6-8-12(11)15(10-4-2)13(14)16/h3-8,17H,1-2,9-10H2. The Kier molecular flexibility index (Phi) is 2.86. The van der Waals surface area contributed by atoms with E-state index < -0.39 is 5.60 Å². The Bertz CT molecular complexity index is 481. The number of nitrogens with zero attached hydrogens (tertiary/aromatic N) is 1. The number of fused-ring (bicyclic) bond motifs is 1. The van der Waals surface area contributed by atoms with E-state index in [-0.39, 0.29) is 12.3 Å². The fourth-order valence-electron chi connectivity index (χ4n) is 2.22. The van der Waals surface area contributed by atoms with E-state index in [0.717, 1.165) is 5.69 Å². The van der Waals surface area contributed by atoms with E-state index in [1.165, 1.54) is 0 Å². The van der Waals surface area contributed by atoms with Crippen molar-refractivity contribution in [3.05, 3.63) is 55.1 Å². The van der Waals surface area contributed by atoms with Gasteiger partial charge in [-0.15, -0.1) is 13.2 Å². The van der Waals surface area contributed by atoms with Crippen molar-refractivity contribution in [1.29, 1.82) is 0 Å². The molecule has 1 aliphatic heterocycles. The molecule has 17 heavy (non-hydrogen) atoms. The first kappa shape index (κ1) is 11.6. The van der Waals surface area contributed by atoms with Gasteiger partial charge in [-0.2, -0.15) is 0 Å². The first-order valence-electron chi connectivity index (χ1n) is 5.51. The molecule has 1 aliphatic rings. The fraction of sp³-hybridized carbons (Fsp3) is 0.214. The molecule has 1 heterocycles. The molecule has 3 heteroatoms. The quantitative estimate of drug-likeness (QED) is 0.802. The lowest BCUT2D eigenvalue weighted by atomic mass is 9.92. The number of aliphatic hydroxyl groups is 1. The van der Waals surface area contributed by atoms with E-state index in [9.17, 15) is 9.90 Å². The van der Waals surface area contributed by atoms with Gasteiger partial charge in [-0.05, 0) is 6.07 Å². The average Bonchev–Trinajstić information content (AvgIpc) is 2.54. The van der Waals surface area contributed by atoms with Crippen LogP contribution in [0.25, 0.3) is 0 Å². The highest BCUT2D eigenvalue weighted by molar-refractivity contribution is 6.07. The highest BCUT2D eigenvalue weighted by Crippen LogP contribution is 2.42. The second-order valence-corrected chi connectivity index (χ2v) is 4.07. The summed E-state index contributed by atoms with van der Waals surface area (Å²) in [5.74, 6) is -0.307. The lowest BCUT2D eigenvalue weighted by molar-refractivity contribution is -0.135. The Hall–Kier alpha value is -1.87. The van der Waals surface area contributed by atoms with Gasteiger partial charge in [0.05, 0.1) is 5.69 Å². The molecule has 1 amide bonds. The van der Waals surface area contributed by atoms with Gasteiger partial charge in [0.2, 0.25) is 0 Å². The van der Waals surface area contributed by atoms with Crippen molar-refractivity contribution in [3.8, 4) is 0 Å². The van der Waals surface area contributed by atoms with Crippen LogP contribution in [0.2, 0.25) is 0 Å². The zero-order valence-electron chi connectivity index (χ0n) is 9.60. The predicted octanol–water partition coefficient (Wildman–Crippen LogP) is 1.98. The molecule has 0 fully saturated rings. The topological polar surface area (TPSA) is 40.5 Å². The Morgan fingerprint density at radius 1 is 1.29 bits per heavy atom. The van der Waals surface area contributed by atoms with Crippen LogP contribution < -0.4 is 4.90 Å². The maximum Gasteiger partial charge on any atom is 0.264 e. The third-order valence-corrected chi connectivity index (χ3v) is 2.99. The Balaban J connectivity index is 2.55. The van der Waals surface area contributed by atoms with Gasteiger partial charge < -0.3 is 10.0 Å². The predicted molar refractivity (Wildman–Crippen MR) is 67.7 cm³/mol. The van der Waals surface area contributed by atoms with Gasteiger partial charge >= 0.3 is 0 Å². The van der Waals surface area contributed by atoms with E-state index in [1.807, 2.05) is 18.2 Å². The molecular formula is C14H15NO2. The number of carbonyl (C=O) groups is 1. The molecule has 0 bridgehead atoms. The van der Waals surface area contributed by atoms with Crippen LogP contribution >= 0.6 is 0 Å². The molecule has 1 atom stereocenters. The SMILES string of the molecule is C=CCN1C(=O)C(O)(CC=C)c2ccccc21. The number of rotatable bonds is 4. The molecule has 3 nitrogen and oxygen atoms in total. The monoisotopic (exact) mass is 229 g/mol. The number of anilines is 1. The summed E-state index contributed by atoms with van der Waals surface area (Å²) in [6, 6.07) is 7.27. The minimum absolute atomic E-state index is 0.219. The van der Waals surface area contributed by atoms with E-state index in [2.05, 4.69) is 13.2 Å². The summed E-state index contributed by atoms with van der Waals surface area (Å²) in [5, 5.41) is 10.5. The second-order valence-electron chi connectivity index (χ2n) is 4.07. The van der Waals surface area contributed by atoms with E-state index in [1.54, 1.807) is 23.1 Å². The molecule has 0 saturated heterocycles. The molecule has 1 aromatic carbocycles. The fourth-order valence-corrected chi connectivity index (χ4v) is 2.22. The van der Waals surface area contributed by atoms with E-state index in [0.29, 0.717) is 12.1 Å². The summed E-state index contributed by atoms with van der Waals surface area (Å²) < 4.78 is 0. The smallest absolute Gasteiger partial charge is 0.264 e. The molecule has 1 N–H and O–H groups in total. The summed E-state index contributed by atoms with van der Waals surface area (Å²) in [4.78, 5) is 13.8. The number of hydrogen-bond donors (Lipinski definition) is 1. The lowest BCUT2D eigenvalue weighted by Gasteiger charge is -2.21.